The van der Waals surface area contributed by atoms with Gasteiger partial charge in [-0.05, 0) is 17.7 Å². The fraction of sp³-hybridized carbons (Fsp3) is 0.0909. The molecule has 2 aromatic rings. The van der Waals surface area contributed by atoms with Crippen LogP contribution >= 0.6 is 11.6 Å². The smallest absolute Gasteiger partial charge is 0.358 e. The molecule has 0 fully saturated rings. The monoisotopic (exact) mass is 251 g/mol. The molecule has 1 aromatic carbocycles. The number of carbonyl (C=O) groups excluding carboxylic acids is 1. The van der Waals surface area contributed by atoms with E-state index in [-0.39, 0.29) is 18.0 Å². The Hall–Kier alpha value is -2.01. The van der Waals surface area contributed by atoms with E-state index >= 15 is 0 Å². The molecule has 0 amide bonds. The van der Waals surface area contributed by atoms with Crippen molar-refractivity contribution in [2.75, 3.05) is 5.73 Å². The molecule has 2 rings (SSSR count). The predicted octanol–water partition coefficient (Wildman–Crippen LogP) is 2.00. The van der Waals surface area contributed by atoms with E-state index in [0.29, 0.717) is 5.02 Å². The van der Waals surface area contributed by atoms with Gasteiger partial charge < -0.3 is 10.5 Å². The molecule has 6 heteroatoms. The zero-order chi connectivity index (χ0) is 12.3. The second-order valence-corrected chi connectivity index (χ2v) is 3.84. The predicted molar refractivity (Wildman–Crippen MR) is 63.6 cm³/mol. The topological polar surface area (TPSA) is 81.0 Å². The van der Waals surface area contributed by atoms with Gasteiger partial charge in [0.2, 0.25) is 0 Å². The summed E-state index contributed by atoms with van der Waals surface area (Å²) < 4.78 is 5.06. The average molecular weight is 252 g/mol. The van der Waals surface area contributed by atoms with Crippen LogP contribution in [0.2, 0.25) is 5.02 Å². The molecular formula is C11H10ClN3O2. The molecule has 1 aromatic heterocycles. The van der Waals surface area contributed by atoms with Gasteiger partial charge in [-0.2, -0.15) is 5.10 Å². The van der Waals surface area contributed by atoms with E-state index in [2.05, 4.69) is 10.2 Å². The summed E-state index contributed by atoms with van der Waals surface area (Å²) in [4.78, 5) is 11.6. The van der Waals surface area contributed by atoms with Crippen molar-refractivity contribution in [2.45, 2.75) is 6.61 Å². The van der Waals surface area contributed by atoms with Gasteiger partial charge in [0.05, 0.1) is 11.9 Å². The number of nitrogens with one attached hydrogen (secondary N) is 1. The van der Waals surface area contributed by atoms with Gasteiger partial charge in [0.25, 0.3) is 0 Å². The Morgan fingerprint density at radius 1 is 1.53 bits per heavy atom. The SMILES string of the molecule is Nc1cn[nH]c1C(=O)OCc1cccc(Cl)c1. The lowest BCUT2D eigenvalue weighted by molar-refractivity contribution is 0.0467. The minimum atomic E-state index is -0.542. The van der Waals surface area contributed by atoms with E-state index in [0.717, 1.165) is 5.56 Å². The van der Waals surface area contributed by atoms with Gasteiger partial charge in [-0.25, -0.2) is 4.79 Å². The number of aromatic nitrogens is 2. The van der Waals surface area contributed by atoms with Crippen LogP contribution in [0.4, 0.5) is 5.69 Å². The van der Waals surface area contributed by atoms with Gasteiger partial charge in [-0.3, -0.25) is 5.10 Å². The first-order chi connectivity index (χ1) is 8.16. The minimum absolute atomic E-state index is 0.137. The molecule has 5 nitrogen and oxygen atoms in total. The second-order valence-electron chi connectivity index (χ2n) is 3.41. The number of aromatic amines is 1. The Morgan fingerprint density at radius 2 is 2.35 bits per heavy atom. The molecule has 88 valence electrons. The first-order valence-corrected chi connectivity index (χ1v) is 5.25. The van der Waals surface area contributed by atoms with E-state index in [4.69, 9.17) is 22.1 Å². The van der Waals surface area contributed by atoms with Crippen LogP contribution in [-0.2, 0) is 11.3 Å². The van der Waals surface area contributed by atoms with Crippen LogP contribution in [0, 0.1) is 0 Å². The number of esters is 1. The lowest BCUT2D eigenvalue weighted by atomic mass is 10.2. The molecule has 0 aliphatic carbocycles. The molecule has 0 aliphatic heterocycles. The minimum Gasteiger partial charge on any atom is -0.456 e. The van der Waals surface area contributed by atoms with Crippen molar-refractivity contribution in [3.63, 3.8) is 0 Å². The Morgan fingerprint density at radius 3 is 3.00 bits per heavy atom. The van der Waals surface area contributed by atoms with E-state index in [1.165, 1.54) is 6.20 Å². The summed E-state index contributed by atoms with van der Waals surface area (Å²) in [5, 5.41) is 6.71. The number of ether oxygens (including phenoxy) is 1. The van der Waals surface area contributed by atoms with E-state index < -0.39 is 5.97 Å². The summed E-state index contributed by atoms with van der Waals surface area (Å²) in [5.74, 6) is -0.542. The summed E-state index contributed by atoms with van der Waals surface area (Å²) in [6.07, 6.45) is 1.36. The molecular weight excluding hydrogens is 242 g/mol. The first-order valence-electron chi connectivity index (χ1n) is 4.87. The Labute approximate surface area is 103 Å². The van der Waals surface area contributed by atoms with Crippen molar-refractivity contribution in [3.05, 3.63) is 46.7 Å². The van der Waals surface area contributed by atoms with Crippen LogP contribution in [-0.4, -0.2) is 16.2 Å². The number of rotatable bonds is 3. The Kier molecular flexibility index (Phi) is 3.30. The second kappa shape index (κ2) is 4.88. The number of nitrogens with two attached hydrogens (primary N) is 1. The molecule has 1 heterocycles. The highest BCUT2D eigenvalue weighted by Gasteiger charge is 2.13. The maximum absolute atomic E-state index is 11.6. The van der Waals surface area contributed by atoms with Crippen molar-refractivity contribution in [2.24, 2.45) is 0 Å². The third kappa shape index (κ3) is 2.76. The van der Waals surface area contributed by atoms with Gasteiger partial charge in [0, 0.05) is 5.02 Å². The van der Waals surface area contributed by atoms with Crippen molar-refractivity contribution >= 4 is 23.3 Å². The quantitative estimate of drug-likeness (QED) is 0.818. The first kappa shape index (κ1) is 11.5. The summed E-state index contributed by atoms with van der Waals surface area (Å²) in [6, 6.07) is 7.08. The number of hydrogen-bond acceptors (Lipinski definition) is 4. The van der Waals surface area contributed by atoms with Gasteiger partial charge in [-0.1, -0.05) is 23.7 Å². The average Bonchev–Trinajstić information content (AvgIpc) is 2.72. The lowest BCUT2D eigenvalue weighted by Crippen LogP contribution is -2.08. The summed E-state index contributed by atoms with van der Waals surface area (Å²) >= 11 is 5.81. The van der Waals surface area contributed by atoms with Crippen LogP contribution in [0.3, 0.4) is 0 Å². The number of hydrogen-bond donors (Lipinski definition) is 2. The largest absolute Gasteiger partial charge is 0.456 e. The maximum Gasteiger partial charge on any atom is 0.358 e. The molecule has 0 saturated carbocycles. The Balaban J connectivity index is 1.99. The molecule has 0 spiro atoms. The van der Waals surface area contributed by atoms with Crippen molar-refractivity contribution in [1.82, 2.24) is 10.2 Å². The molecule has 3 N–H and O–H groups in total. The fourth-order valence-electron chi connectivity index (χ4n) is 1.31. The third-order valence-electron chi connectivity index (χ3n) is 2.13. The fourth-order valence-corrected chi connectivity index (χ4v) is 1.52. The molecule has 0 bridgehead atoms. The number of anilines is 1. The van der Waals surface area contributed by atoms with Crippen LogP contribution in [0.5, 0.6) is 0 Å². The highest BCUT2D eigenvalue weighted by molar-refractivity contribution is 6.30. The van der Waals surface area contributed by atoms with Gasteiger partial charge in [0.1, 0.15) is 6.61 Å². The number of H-pyrrole nitrogens is 1. The highest BCUT2D eigenvalue weighted by Crippen LogP contribution is 2.13. The number of carbonyl (C=O) groups is 1. The number of nitrogens with zero attached hydrogens (tertiary/aromatic N) is 1. The van der Waals surface area contributed by atoms with E-state index in [1.807, 2.05) is 6.07 Å². The van der Waals surface area contributed by atoms with Crippen LogP contribution in [0.25, 0.3) is 0 Å². The number of nitrogen functional groups attached to an aromatic ring is 1. The number of halogens is 1. The Bertz CT molecular complexity index is 539. The normalized spacial score (nSPS) is 10.2. The molecule has 0 unspecified atom stereocenters. The summed E-state index contributed by atoms with van der Waals surface area (Å²) in [6.45, 7) is 0.137. The molecule has 0 aliphatic rings. The zero-order valence-corrected chi connectivity index (χ0v) is 9.57. The summed E-state index contributed by atoms with van der Waals surface area (Å²) in [5.41, 5.74) is 6.75. The van der Waals surface area contributed by atoms with Crippen LogP contribution < -0.4 is 5.73 Å². The van der Waals surface area contributed by atoms with Crippen LogP contribution in [0.15, 0.2) is 30.5 Å². The van der Waals surface area contributed by atoms with Crippen LogP contribution in [0.1, 0.15) is 16.1 Å². The zero-order valence-electron chi connectivity index (χ0n) is 8.81. The maximum atomic E-state index is 11.6. The van der Waals surface area contributed by atoms with Crippen molar-refractivity contribution in [1.29, 1.82) is 0 Å². The highest BCUT2D eigenvalue weighted by atomic mass is 35.5. The lowest BCUT2D eigenvalue weighted by Gasteiger charge is -2.04. The van der Waals surface area contributed by atoms with Crippen molar-refractivity contribution < 1.29 is 9.53 Å². The standard InChI is InChI=1S/C11H10ClN3O2/c12-8-3-1-2-7(4-8)6-17-11(16)10-9(13)5-14-15-10/h1-5H,6,13H2,(H,14,15). The third-order valence-corrected chi connectivity index (χ3v) is 2.37. The molecule has 0 atom stereocenters. The van der Waals surface area contributed by atoms with Crippen molar-refractivity contribution in [3.8, 4) is 0 Å². The van der Waals surface area contributed by atoms with Gasteiger partial charge >= 0.3 is 5.97 Å². The number of benzene rings is 1. The van der Waals surface area contributed by atoms with Gasteiger partial charge in [-0.15, -0.1) is 0 Å². The van der Waals surface area contributed by atoms with Gasteiger partial charge in [0.15, 0.2) is 5.69 Å². The van der Waals surface area contributed by atoms with E-state index in [1.54, 1.807) is 18.2 Å². The molecule has 0 radical (unpaired) electrons. The molecule has 0 saturated heterocycles. The molecule has 17 heavy (non-hydrogen) atoms. The van der Waals surface area contributed by atoms with E-state index in [9.17, 15) is 4.79 Å². The summed E-state index contributed by atoms with van der Waals surface area (Å²) in [7, 11) is 0.